The molecule has 0 fully saturated rings. The number of thioether (sulfide) groups is 1. The van der Waals surface area contributed by atoms with Crippen molar-refractivity contribution in [3.8, 4) is 6.07 Å². The highest BCUT2D eigenvalue weighted by Gasteiger charge is 2.20. The molecule has 0 aliphatic heterocycles. The van der Waals surface area contributed by atoms with E-state index in [1.165, 1.54) is 0 Å². The minimum Gasteiger partial charge on any atom is -0.352 e. The molecule has 1 amide bonds. The first-order chi connectivity index (χ1) is 8.69. The molecule has 1 N–H and O–H groups in total. The van der Waals surface area contributed by atoms with Gasteiger partial charge in [-0.2, -0.15) is 17.0 Å². The summed E-state index contributed by atoms with van der Waals surface area (Å²) in [5.74, 6) is 0.0736. The van der Waals surface area contributed by atoms with Gasteiger partial charge < -0.3 is 5.32 Å². The lowest BCUT2D eigenvalue weighted by Gasteiger charge is -2.16. The lowest BCUT2D eigenvalue weighted by atomic mass is 9.99. The summed E-state index contributed by atoms with van der Waals surface area (Å²) < 4.78 is 0. The van der Waals surface area contributed by atoms with Crippen LogP contribution in [0.25, 0.3) is 0 Å². The molecule has 0 aliphatic carbocycles. The molecule has 0 aliphatic rings. The van der Waals surface area contributed by atoms with Crippen LogP contribution in [0, 0.1) is 11.3 Å². The van der Waals surface area contributed by atoms with Crippen molar-refractivity contribution < 1.29 is 4.79 Å². The molecule has 0 saturated heterocycles. The number of benzene rings is 1. The summed E-state index contributed by atoms with van der Waals surface area (Å²) in [6.07, 6.45) is 2.95. The Kier molecular flexibility index (Phi) is 6.31. The Hall–Kier alpha value is -1.47. The zero-order valence-electron chi connectivity index (χ0n) is 10.7. The molecule has 0 spiro atoms. The highest BCUT2D eigenvalue weighted by atomic mass is 32.2. The first-order valence-corrected chi connectivity index (χ1v) is 7.32. The van der Waals surface area contributed by atoms with Crippen molar-refractivity contribution in [1.82, 2.24) is 5.32 Å². The van der Waals surface area contributed by atoms with Gasteiger partial charge in [-0.25, -0.2) is 0 Å². The van der Waals surface area contributed by atoms with Gasteiger partial charge in [-0.05, 0) is 30.9 Å². The maximum Gasteiger partial charge on any atom is 0.242 e. The molecule has 0 aromatic heterocycles. The summed E-state index contributed by atoms with van der Waals surface area (Å²) >= 11 is 1.75. The largest absolute Gasteiger partial charge is 0.352 e. The molecule has 18 heavy (non-hydrogen) atoms. The number of rotatable bonds is 6. The Morgan fingerprint density at radius 2 is 2.11 bits per heavy atom. The molecule has 96 valence electrons. The van der Waals surface area contributed by atoms with Crippen LogP contribution in [0.2, 0.25) is 0 Å². The Labute approximate surface area is 113 Å². The topological polar surface area (TPSA) is 52.9 Å². The van der Waals surface area contributed by atoms with Crippen LogP contribution in [0.4, 0.5) is 0 Å². The van der Waals surface area contributed by atoms with Crippen molar-refractivity contribution in [2.24, 2.45) is 0 Å². The van der Waals surface area contributed by atoms with E-state index in [2.05, 4.69) is 11.4 Å². The number of hydrogen-bond acceptors (Lipinski definition) is 3. The average molecular weight is 262 g/mol. The summed E-state index contributed by atoms with van der Waals surface area (Å²) in [6, 6.07) is 11.3. The van der Waals surface area contributed by atoms with E-state index in [0.717, 1.165) is 17.7 Å². The lowest BCUT2D eigenvalue weighted by Crippen LogP contribution is -2.36. The summed E-state index contributed by atoms with van der Waals surface area (Å²) in [4.78, 5) is 12.0. The Morgan fingerprint density at radius 1 is 1.44 bits per heavy atom. The molecular formula is C14H18N2OS. The quantitative estimate of drug-likeness (QED) is 0.857. The highest BCUT2D eigenvalue weighted by Crippen LogP contribution is 2.15. The van der Waals surface area contributed by atoms with Crippen LogP contribution in [0.15, 0.2) is 30.3 Å². The van der Waals surface area contributed by atoms with Gasteiger partial charge in [0.15, 0.2) is 0 Å². The van der Waals surface area contributed by atoms with E-state index in [9.17, 15) is 4.79 Å². The van der Waals surface area contributed by atoms with E-state index in [1.54, 1.807) is 23.9 Å². The minimum absolute atomic E-state index is 0.101. The van der Waals surface area contributed by atoms with Crippen molar-refractivity contribution in [2.75, 3.05) is 12.0 Å². The second kappa shape index (κ2) is 7.78. The second-order valence-electron chi connectivity index (χ2n) is 4.16. The zero-order valence-corrected chi connectivity index (χ0v) is 11.5. The Balaban J connectivity index is 2.62. The van der Waals surface area contributed by atoms with Crippen LogP contribution in [-0.4, -0.2) is 24.0 Å². The SMILES string of the molecule is CSCCC(C)NC(=O)C(C#N)c1ccccc1. The number of carbonyl (C=O) groups excluding carboxylic acids is 1. The van der Waals surface area contributed by atoms with E-state index in [4.69, 9.17) is 5.26 Å². The number of hydrogen-bond donors (Lipinski definition) is 1. The van der Waals surface area contributed by atoms with Crippen molar-refractivity contribution in [3.05, 3.63) is 35.9 Å². The smallest absolute Gasteiger partial charge is 0.242 e. The fourth-order valence-corrected chi connectivity index (χ4v) is 2.21. The minimum atomic E-state index is -0.720. The molecule has 2 unspecified atom stereocenters. The van der Waals surface area contributed by atoms with Crippen molar-refractivity contribution in [2.45, 2.75) is 25.3 Å². The van der Waals surface area contributed by atoms with Crippen LogP contribution >= 0.6 is 11.8 Å². The normalized spacial score (nSPS) is 13.4. The van der Waals surface area contributed by atoms with Crippen molar-refractivity contribution in [3.63, 3.8) is 0 Å². The molecule has 0 saturated carbocycles. The first-order valence-electron chi connectivity index (χ1n) is 5.93. The van der Waals surface area contributed by atoms with Gasteiger partial charge in [0.2, 0.25) is 5.91 Å². The first kappa shape index (κ1) is 14.6. The number of nitrogens with zero attached hydrogens (tertiary/aromatic N) is 1. The van der Waals surface area contributed by atoms with Crippen molar-refractivity contribution >= 4 is 17.7 Å². The summed E-state index contributed by atoms with van der Waals surface area (Å²) in [7, 11) is 0. The molecule has 0 bridgehead atoms. The number of nitriles is 1. The molecule has 1 aromatic rings. The molecule has 1 rings (SSSR count). The summed E-state index contributed by atoms with van der Waals surface area (Å²) in [6.45, 7) is 1.97. The Morgan fingerprint density at radius 3 is 2.67 bits per heavy atom. The third-order valence-corrected chi connectivity index (χ3v) is 3.31. The van der Waals surface area contributed by atoms with Gasteiger partial charge in [0, 0.05) is 6.04 Å². The molecule has 2 atom stereocenters. The second-order valence-corrected chi connectivity index (χ2v) is 5.15. The summed E-state index contributed by atoms with van der Waals surface area (Å²) in [5, 5.41) is 12.0. The molecule has 3 nitrogen and oxygen atoms in total. The van der Waals surface area contributed by atoms with Gasteiger partial charge in [-0.15, -0.1) is 0 Å². The predicted molar refractivity (Wildman–Crippen MR) is 75.4 cm³/mol. The van der Waals surface area contributed by atoms with Crippen LogP contribution in [0.1, 0.15) is 24.8 Å². The van der Waals surface area contributed by atoms with Crippen LogP contribution in [0.3, 0.4) is 0 Å². The Bertz CT molecular complexity index is 414. The van der Waals surface area contributed by atoms with E-state index < -0.39 is 5.92 Å². The van der Waals surface area contributed by atoms with Gasteiger partial charge in [-0.1, -0.05) is 30.3 Å². The van der Waals surface area contributed by atoms with Crippen molar-refractivity contribution in [1.29, 1.82) is 5.26 Å². The molecule has 0 radical (unpaired) electrons. The maximum absolute atomic E-state index is 12.0. The maximum atomic E-state index is 12.0. The average Bonchev–Trinajstić information content (AvgIpc) is 2.38. The highest BCUT2D eigenvalue weighted by molar-refractivity contribution is 7.98. The van der Waals surface area contributed by atoms with Gasteiger partial charge >= 0.3 is 0 Å². The van der Waals surface area contributed by atoms with Crippen LogP contribution in [0.5, 0.6) is 0 Å². The number of nitrogens with one attached hydrogen (secondary N) is 1. The zero-order chi connectivity index (χ0) is 13.4. The van der Waals surface area contributed by atoms with Crippen LogP contribution in [-0.2, 0) is 4.79 Å². The van der Waals surface area contributed by atoms with Gasteiger partial charge in [-0.3, -0.25) is 4.79 Å². The lowest BCUT2D eigenvalue weighted by molar-refractivity contribution is -0.122. The molecule has 0 heterocycles. The molecule has 1 aromatic carbocycles. The fraction of sp³-hybridized carbons (Fsp3) is 0.429. The number of carbonyl (C=O) groups is 1. The van der Waals surface area contributed by atoms with Gasteiger partial charge in [0.25, 0.3) is 0 Å². The van der Waals surface area contributed by atoms with Gasteiger partial charge in [0.1, 0.15) is 5.92 Å². The van der Waals surface area contributed by atoms with E-state index in [1.807, 2.05) is 31.4 Å². The third-order valence-electron chi connectivity index (χ3n) is 2.67. The third kappa shape index (κ3) is 4.42. The fourth-order valence-electron chi connectivity index (χ4n) is 1.62. The molecule has 4 heteroatoms. The van der Waals surface area contributed by atoms with E-state index in [0.29, 0.717) is 0 Å². The molecular weight excluding hydrogens is 244 g/mol. The van der Waals surface area contributed by atoms with E-state index >= 15 is 0 Å². The van der Waals surface area contributed by atoms with E-state index in [-0.39, 0.29) is 11.9 Å². The summed E-state index contributed by atoms with van der Waals surface area (Å²) in [5.41, 5.74) is 0.745. The van der Waals surface area contributed by atoms with Crippen LogP contribution < -0.4 is 5.32 Å². The van der Waals surface area contributed by atoms with Gasteiger partial charge in [0.05, 0.1) is 6.07 Å². The predicted octanol–water partition coefficient (Wildman–Crippen LogP) is 2.55. The number of amides is 1. The monoisotopic (exact) mass is 262 g/mol. The standard InChI is InChI=1S/C14H18N2OS/c1-11(8-9-18-2)16-14(17)13(10-15)12-6-4-3-5-7-12/h3-7,11,13H,8-9H2,1-2H3,(H,16,17).